The maximum atomic E-state index is 12.4. The standard InChI is InChI=1S/C13H13N3O2S2/c1-9-6-10(8-15-7-9)16-20(17,18)12-5-3-2-4-11(12)13(14)19/h2-8,16H,1H3,(H2,14,19). The Hall–Kier alpha value is -1.99. The van der Waals surface area contributed by atoms with Crippen molar-refractivity contribution in [1.82, 2.24) is 4.98 Å². The number of nitrogens with zero attached hydrogens (tertiary/aromatic N) is 1. The molecule has 7 heteroatoms. The van der Waals surface area contributed by atoms with Crippen LogP contribution < -0.4 is 10.5 Å². The zero-order valence-corrected chi connectivity index (χ0v) is 12.3. The summed E-state index contributed by atoms with van der Waals surface area (Å²) < 4.78 is 27.2. The molecule has 1 heterocycles. The Labute approximate surface area is 122 Å². The summed E-state index contributed by atoms with van der Waals surface area (Å²) in [6.45, 7) is 1.83. The molecule has 104 valence electrons. The fourth-order valence-corrected chi connectivity index (χ4v) is 3.23. The molecular weight excluding hydrogens is 294 g/mol. The Balaban J connectivity index is 2.44. The fourth-order valence-electron chi connectivity index (χ4n) is 1.73. The number of aromatic nitrogens is 1. The Morgan fingerprint density at radius 1 is 1.30 bits per heavy atom. The van der Waals surface area contributed by atoms with Crippen LogP contribution in [-0.2, 0) is 10.0 Å². The van der Waals surface area contributed by atoms with Gasteiger partial charge in [0.25, 0.3) is 10.0 Å². The van der Waals surface area contributed by atoms with Crippen molar-refractivity contribution < 1.29 is 8.42 Å². The molecule has 1 aromatic heterocycles. The SMILES string of the molecule is Cc1cncc(NS(=O)(=O)c2ccccc2C(N)=S)c1. The lowest BCUT2D eigenvalue weighted by molar-refractivity contribution is 0.601. The van der Waals surface area contributed by atoms with Gasteiger partial charge < -0.3 is 5.73 Å². The van der Waals surface area contributed by atoms with Crippen LogP contribution in [0.2, 0.25) is 0 Å². The minimum atomic E-state index is -3.76. The van der Waals surface area contributed by atoms with Gasteiger partial charge in [-0.05, 0) is 24.6 Å². The van der Waals surface area contributed by atoms with Crippen LogP contribution in [-0.4, -0.2) is 18.4 Å². The largest absolute Gasteiger partial charge is 0.389 e. The van der Waals surface area contributed by atoms with Gasteiger partial charge in [0, 0.05) is 11.8 Å². The zero-order chi connectivity index (χ0) is 14.8. The lowest BCUT2D eigenvalue weighted by Crippen LogP contribution is -2.19. The third-order valence-corrected chi connectivity index (χ3v) is 4.23. The normalized spacial score (nSPS) is 11.1. The first-order valence-electron chi connectivity index (χ1n) is 5.73. The maximum Gasteiger partial charge on any atom is 0.262 e. The number of nitrogens with one attached hydrogen (secondary N) is 1. The first kappa shape index (κ1) is 14.4. The van der Waals surface area contributed by atoms with Gasteiger partial charge in [-0.15, -0.1) is 0 Å². The second-order valence-electron chi connectivity index (χ2n) is 4.22. The van der Waals surface area contributed by atoms with Crippen LogP contribution >= 0.6 is 12.2 Å². The number of thiocarbonyl (C=S) groups is 1. The molecule has 0 aliphatic heterocycles. The summed E-state index contributed by atoms with van der Waals surface area (Å²) in [6.07, 6.45) is 3.08. The van der Waals surface area contributed by atoms with Crippen molar-refractivity contribution in [2.24, 2.45) is 5.73 Å². The van der Waals surface area contributed by atoms with E-state index in [-0.39, 0.29) is 9.88 Å². The van der Waals surface area contributed by atoms with Crippen LogP contribution in [0.15, 0.2) is 47.6 Å². The van der Waals surface area contributed by atoms with Gasteiger partial charge in [0.15, 0.2) is 0 Å². The van der Waals surface area contributed by atoms with E-state index < -0.39 is 10.0 Å². The first-order valence-corrected chi connectivity index (χ1v) is 7.62. The van der Waals surface area contributed by atoms with Crippen LogP contribution in [0.3, 0.4) is 0 Å². The number of aryl methyl sites for hydroxylation is 1. The second kappa shape index (κ2) is 5.56. The molecule has 20 heavy (non-hydrogen) atoms. The van der Waals surface area contributed by atoms with Crippen molar-refractivity contribution in [3.8, 4) is 0 Å². The molecule has 0 saturated carbocycles. The molecule has 5 nitrogen and oxygen atoms in total. The summed E-state index contributed by atoms with van der Waals surface area (Å²) in [5.74, 6) is 0. The predicted molar refractivity (Wildman–Crippen MR) is 82.1 cm³/mol. The number of benzene rings is 1. The predicted octanol–water partition coefficient (Wildman–Crippen LogP) is 1.83. The molecule has 0 spiro atoms. The molecule has 0 fully saturated rings. The molecule has 1 aromatic carbocycles. The molecule has 0 aliphatic rings. The molecule has 2 rings (SSSR count). The number of anilines is 1. The van der Waals surface area contributed by atoms with E-state index in [9.17, 15) is 8.42 Å². The second-order valence-corrected chi connectivity index (χ2v) is 6.31. The number of hydrogen-bond donors (Lipinski definition) is 2. The van der Waals surface area contributed by atoms with Crippen LogP contribution in [0.4, 0.5) is 5.69 Å². The van der Waals surface area contributed by atoms with Gasteiger partial charge in [0.05, 0.1) is 16.8 Å². The van der Waals surface area contributed by atoms with Gasteiger partial charge in [-0.1, -0.05) is 30.4 Å². The third kappa shape index (κ3) is 3.12. The summed E-state index contributed by atoms with van der Waals surface area (Å²) in [5, 5.41) is 0. The van der Waals surface area contributed by atoms with Crippen LogP contribution in [0, 0.1) is 6.92 Å². The van der Waals surface area contributed by atoms with E-state index in [1.807, 2.05) is 6.92 Å². The van der Waals surface area contributed by atoms with Crippen molar-refractivity contribution in [1.29, 1.82) is 0 Å². The van der Waals surface area contributed by atoms with Crippen LogP contribution in [0.1, 0.15) is 11.1 Å². The topological polar surface area (TPSA) is 85.1 Å². The number of hydrogen-bond acceptors (Lipinski definition) is 4. The van der Waals surface area contributed by atoms with E-state index in [1.165, 1.54) is 12.3 Å². The van der Waals surface area contributed by atoms with Gasteiger partial charge in [-0.3, -0.25) is 9.71 Å². The van der Waals surface area contributed by atoms with Gasteiger partial charge in [-0.2, -0.15) is 0 Å². The molecule has 0 amide bonds. The lowest BCUT2D eigenvalue weighted by Gasteiger charge is -2.11. The monoisotopic (exact) mass is 307 g/mol. The van der Waals surface area contributed by atoms with E-state index >= 15 is 0 Å². The Morgan fingerprint density at radius 3 is 2.65 bits per heavy atom. The smallest absolute Gasteiger partial charge is 0.262 e. The minimum Gasteiger partial charge on any atom is -0.389 e. The summed E-state index contributed by atoms with van der Waals surface area (Å²) in [7, 11) is -3.76. The first-order chi connectivity index (χ1) is 9.40. The molecule has 2 aromatic rings. The van der Waals surface area contributed by atoms with Crippen molar-refractivity contribution >= 4 is 32.9 Å². The fraction of sp³-hybridized carbons (Fsp3) is 0.0769. The highest BCUT2D eigenvalue weighted by molar-refractivity contribution is 7.93. The summed E-state index contributed by atoms with van der Waals surface area (Å²) in [4.78, 5) is 4.03. The third-order valence-electron chi connectivity index (χ3n) is 2.57. The van der Waals surface area contributed by atoms with E-state index in [0.717, 1.165) is 5.56 Å². The number of nitrogens with two attached hydrogens (primary N) is 1. The highest BCUT2D eigenvalue weighted by Gasteiger charge is 2.19. The van der Waals surface area contributed by atoms with E-state index in [0.29, 0.717) is 11.3 Å². The van der Waals surface area contributed by atoms with Gasteiger partial charge in [0.1, 0.15) is 4.99 Å². The van der Waals surface area contributed by atoms with Gasteiger partial charge >= 0.3 is 0 Å². The molecule has 0 bridgehead atoms. The molecular formula is C13H13N3O2S2. The van der Waals surface area contributed by atoms with E-state index in [2.05, 4.69) is 9.71 Å². The number of pyridine rings is 1. The molecule has 0 radical (unpaired) electrons. The maximum absolute atomic E-state index is 12.4. The number of rotatable bonds is 4. The quantitative estimate of drug-likeness (QED) is 0.842. The Bertz CT molecular complexity index is 758. The minimum absolute atomic E-state index is 0.0355. The van der Waals surface area contributed by atoms with Crippen molar-refractivity contribution in [3.63, 3.8) is 0 Å². The highest BCUT2D eigenvalue weighted by atomic mass is 32.2. The van der Waals surface area contributed by atoms with E-state index in [4.69, 9.17) is 18.0 Å². The lowest BCUT2D eigenvalue weighted by atomic mass is 10.2. The molecule has 0 atom stereocenters. The Morgan fingerprint density at radius 2 is 2.00 bits per heavy atom. The van der Waals surface area contributed by atoms with Crippen molar-refractivity contribution in [2.45, 2.75) is 11.8 Å². The number of sulfonamides is 1. The van der Waals surface area contributed by atoms with Gasteiger partial charge in [-0.25, -0.2) is 8.42 Å². The summed E-state index contributed by atoms with van der Waals surface area (Å²) in [6, 6.07) is 8.02. The molecule has 0 unspecified atom stereocenters. The van der Waals surface area contributed by atoms with Crippen molar-refractivity contribution in [3.05, 3.63) is 53.9 Å². The summed E-state index contributed by atoms with van der Waals surface area (Å²) >= 11 is 4.88. The molecule has 3 N–H and O–H groups in total. The highest BCUT2D eigenvalue weighted by Crippen LogP contribution is 2.19. The molecule has 0 saturated heterocycles. The average molecular weight is 307 g/mol. The van der Waals surface area contributed by atoms with Crippen LogP contribution in [0.25, 0.3) is 0 Å². The average Bonchev–Trinajstić information content (AvgIpc) is 2.38. The van der Waals surface area contributed by atoms with Gasteiger partial charge in [0.2, 0.25) is 0 Å². The Kier molecular flexibility index (Phi) is 4.01. The van der Waals surface area contributed by atoms with E-state index in [1.54, 1.807) is 30.5 Å². The molecule has 0 aliphatic carbocycles. The van der Waals surface area contributed by atoms with Crippen LogP contribution in [0.5, 0.6) is 0 Å². The van der Waals surface area contributed by atoms with Crippen molar-refractivity contribution in [2.75, 3.05) is 4.72 Å². The summed E-state index contributed by atoms with van der Waals surface area (Å²) in [5.41, 5.74) is 7.12. The zero-order valence-electron chi connectivity index (χ0n) is 10.7.